The second kappa shape index (κ2) is 6.35. The van der Waals surface area contributed by atoms with E-state index in [0.717, 1.165) is 19.6 Å². The molecule has 2 atom stereocenters. The second-order valence-corrected chi connectivity index (χ2v) is 5.46. The maximum absolute atomic E-state index is 6.01. The van der Waals surface area contributed by atoms with Gasteiger partial charge in [-0.15, -0.1) is 0 Å². The number of hydrogen-bond acceptors (Lipinski definition) is 2. The monoisotopic (exact) mass is 247 g/mol. The van der Waals surface area contributed by atoms with Crippen molar-refractivity contribution in [2.24, 2.45) is 0 Å². The lowest BCUT2D eigenvalue weighted by Gasteiger charge is -2.34. The SMILES string of the molecule is CCCNC(Cc1ccccc1)C1(C)CCCO1. The highest BCUT2D eigenvalue weighted by Crippen LogP contribution is 2.30. The summed E-state index contributed by atoms with van der Waals surface area (Å²) in [5.41, 5.74) is 1.40. The molecule has 0 bridgehead atoms. The lowest BCUT2D eigenvalue weighted by Crippen LogP contribution is -2.50. The van der Waals surface area contributed by atoms with Crippen molar-refractivity contribution in [1.29, 1.82) is 0 Å². The fourth-order valence-electron chi connectivity index (χ4n) is 2.75. The molecule has 1 N–H and O–H groups in total. The summed E-state index contributed by atoms with van der Waals surface area (Å²) >= 11 is 0. The zero-order valence-corrected chi connectivity index (χ0v) is 11.6. The van der Waals surface area contributed by atoms with E-state index >= 15 is 0 Å². The van der Waals surface area contributed by atoms with Gasteiger partial charge in [0.25, 0.3) is 0 Å². The van der Waals surface area contributed by atoms with Gasteiger partial charge in [-0.2, -0.15) is 0 Å². The van der Waals surface area contributed by atoms with Gasteiger partial charge in [-0.05, 0) is 44.7 Å². The Bertz CT molecular complexity index is 343. The Hall–Kier alpha value is -0.860. The van der Waals surface area contributed by atoms with Crippen LogP contribution in [0.2, 0.25) is 0 Å². The van der Waals surface area contributed by atoms with Crippen molar-refractivity contribution < 1.29 is 4.74 Å². The first-order valence-electron chi connectivity index (χ1n) is 7.16. The van der Waals surface area contributed by atoms with Crippen LogP contribution in [-0.4, -0.2) is 24.8 Å². The number of rotatable bonds is 6. The number of benzene rings is 1. The fraction of sp³-hybridized carbons (Fsp3) is 0.625. The third-order valence-corrected chi connectivity index (χ3v) is 3.91. The Balaban J connectivity index is 2.05. The molecule has 0 aromatic heterocycles. The largest absolute Gasteiger partial charge is 0.374 e. The quantitative estimate of drug-likeness (QED) is 0.833. The average molecular weight is 247 g/mol. The summed E-state index contributed by atoms with van der Waals surface area (Å²) in [5.74, 6) is 0. The van der Waals surface area contributed by atoms with Gasteiger partial charge in [-0.3, -0.25) is 0 Å². The van der Waals surface area contributed by atoms with Crippen LogP contribution >= 0.6 is 0 Å². The van der Waals surface area contributed by atoms with Crippen molar-refractivity contribution in [1.82, 2.24) is 5.32 Å². The molecule has 1 saturated heterocycles. The molecule has 1 aromatic rings. The molecule has 1 aliphatic heterocycles. The molecule has 0 radical (unpaired) electrons. The van der Waals surface area contributed by atoms with E-state index in [9.17, 15) is 0 Å². The van der Waals surface area contributed by atoms with Gasteiger partial charge in [0, 0.05) is 12.6 Å². The topological polar surface area (TPSA) is 21.3 Å². The predicted octanol–water partition coefficient (Wildman–Crippen LogP) is 3.17. The Kier molecular flexibility index (Phi) is 4.79. The van der Waals surface area contributed by atoms with Gasteiger partial charge < -0.3 is 10.1 Å². The summed E-state index contributed by atoms with van der Waals surface area (Å²) in [6.07, 6.45) is 4.58. The highest BCUT2D eigenvalue weighted by molar-refractivity contribution is 5.17. The Morgan fingerprint density at radius 3 is 2.72 bits per heavy atom. The van der Waals surface area contributed by atoms with Crippen molar-refractivity contribution in [3.63, 3.8) is 0 Å². The standard InChI is InChI=1S/C16H25NO/c1-3-11-17-15(16(2)10-7-12-18-16)13-14-8-5-4-6-9-14/h4-6,8-9,15,17H,3,7,10-13H2,1-2H3. The van der Waals surface area contributed by atoms with Crippen LogP contribution in [0.3, 0.4) is 0 Å². The van der Waals surface area contributed by atoms with Crippen LogP contribution in [0.1, 0.15) is 38.7 Å². The minimum atomic E-state index is 0.00497. The normalized spacial score (nSPS) is 25.2. The molecule has 2 rings (SSSR count). The smallest absolute Gasteiger partial charge is 0.0810 e. The van der Waals surface area contributed by atoms with Crippen molar-refractivity contribution in [2.75, 3.05) is 13.2 Å². The summed E-state index contributed by atoms with van der Waals surface area (Å²) in [6, 6.07) is 11.1. The molecule has 1 aromatic carbocycles. The van der Waals surface area contributed by atoms with Gasteiger partial charge in [0.15, 0.2) is 0 Å². The molecule has 0 saturated carbocycles. The van der Waals surface area contributed by atoms with E-state index in [1.165, 1.54) is 24.8 Å². The molecular formula is C16H25NO. The van der Waals surface area contributed by atoms with Crippen LogP contribution in [0, 0.1) is 0 Å². The van der Waals surface area contributed by atoms with Crippen molar-refractivity contribution in [2.45, 2.75) is 51.2 Å². The highest BCUT2D eigenvalue weighted by atomic mass is 16.5. The number of nitrogens with one attached hydrogen (secondary N) is 1. The molecule has 18 heavy (non-hydrogen) atoms. The molecule has 1 aliphatic rings. The van der Waals surface area contributed by atoms with Gasteiger partial charge in [0.2, 0.25) is 0 Å². The first-order valence-corrected chi connectivity index (χ1v) is 7.16. The molecule has 100 valence electrons. The lowest BCUT2D eigenvalue weighted by atomic mass is 9.88. The first-order chi connectivity index (χ1) is 8.74. The van der Waals surface area contributed by atoms with Gasteiger partial charge in [-0.1, -0.05) is 37.3 Å². The van der Waals surface area contributed by atoms with Crippen LogP contribution in [0.5, 0.6) is 0 Å². The van der Waals surface area contributed by atoms with E-state index in [4.69, 9.17) is 4.74 Å². The molecule has 1 fully saturated rings. The predicted molar refractivity (Wildman–Crippen MR) is 75.8 cm³/mol. The Morgan fingerprint density at radius 2 is 2.11 bits per heavy atom. The summed E-state index contributed by atoms with van der Waals surface area (Å²) in [4.78, 5) is 0. The van der Waals surface area contributed by atoms with Crippen LogP contribution < -0.4 is 5.32 Å². The van der Waals surface area contributed by atoms with Crippen molar-refractivity contribution in [3.05, 3.63) is 35.9 Å². The molecule has 2 heteroatoms. The summed E-state index contributed by atoms with van der Waals surface area (Å²) in [6.45, 7) is 6.45. The van der Waals surface area contributed by atoms with Crippen LogP contribution in [0.4, 0.5) is 0 Å². The molecule has 1 heterocycles. The van der Waals surface area contributed by atoms with Gasteiger partial charge >= 0.3 is 0 Å². The van der Waals surface area contributed by atoms with Gasteiger partial charge in [0.1, 0.15) is 0 Å². The van der Waals surface area contributed by atoms with Gasteiger partial charge in [-0.25, -0.2) is 0 Å². The Morgan fingerprint density at radius 1 is 1.33 bits per heavy atom. The van der Waals surface area contributed by atoms with Crippen molar-refractivity contribution >= 4 is 0 Å². The number of ether oxygens (including phenoxy) is 1. The molecule has 2 nitrogen and oxygen atoms in total. The fourth-order valence-corrected chi connectivity index (χ4v) is 2.75. The third-order valence-electron chi connectivity index (χ3n) is 3.91. The average Bonchev–Trinajstić information content (AvgIpc) is 2.84. The van der Waals surface area contributed by atoms with E-state index < -0.39 is 0 Å². The molecular weight excluding hydrogens is 222 g/mol. The maximum atomic E-state index is 6.01. The lowest BCUT2D eigenvalue weighted by molar-refractivity contribution is -0.0114. The minimum Gasteiger partial charge on any atom is -0.374 e. The summed E-state index contributed by atoms with van der Waals surface area (Å²) in [7, 11) is 0. The molecule has 0 amide bonds. The molecule has 0 aliphatic carbocycles. The highest BCUT2D eigenvalue weighted by Gasteiger charge is 2.37. The first kappa shape index (κ1) is 13.6. The van der Waals surface area contributed by atoms with E-state index in [0.29, 0.717) is 6.04 Å². The molecule has 2 unspecified atom stereocenters. The Labute approximate surface area is 111 Å². The second-order valence-electron chi connectivity index (χ2n) is 5.46. The zero-order chi connectivity index (χ0) is 12.8. The van der Waals surface area contributed by atoms with E-state index in [1.807, 2.05) is 0 Å². The van der Waals surface area contributed by atoms with Crippen LogP contribution in [0.25, 0.3) is 0 Å². The summed E-state index contributed by atoms with van der Waals surface area (Å²) < 4.78 is 6.01. The maximum Gasteiger partial charge on any atom is 0.0810 e. The van der Waals surface area contributed by atoms with E-state index in [1.54, 1.807) is 0 Å². The zero-order valence-electron chi connectivity index (χ0n) is 11.6. The van der Waals surface area contributed by atoms with Gasteiger partial charge in [0.05, 0.1) is 5.60 Å². The van der Waals surface area contributed by atoms with E-state index in [2.05, 4.69) is 49.5 Å². The van der Waals surface area contributed by atoms with Crippen LogP contribution in [-0.2, 0) is 11.2 Å². The van der Waals surface area contributed by atoms with Crippen LogP contribution in [0.15, 0.2) is 30.3 Å². The summed E-state index contributed by atoms with van der Waals surface area (Å²) in [5, 5.41) is 3.68. The van der Waals surface area contributed by atoms with E-state index in [-0.39, 0.29) is 5.60 Å². The minimum absolute atomic E-state index is 0.00497. The number of hydrogen-bond donors (Lipinski definition) is 1. The third kappa shape index (κ3) is 3.33. The molecule has 0 spiro atoms. The van der Waals surface area contributed by atoms with Crippen molar-refractivity contribution in [3.8, 4) is 0 Å².